The standard InChI is InChI=1S/C25H20F3N3O4S/c26-25(27,28)35-20-7-5-17(6-8-20)21-9-10-23(32)31-14-16-11-19(24(21)31)15-30(13-16)36(33,34)22-4-2-1-3-18(22)12-29/h1-10,16,19H,11,13-15H2/t16-,19+/m0/s1. The molecule has 186 valence electrons. The molecule has 7 nitrogen and oxygen atoms in total. The third-order valence-electron chi connectivity index (χ3n) is 6.58. The highest BCUT2D eigenvalue weighted by Crippen LogP contribution is 2.41. The van der Waals surface area contributed by atoms with Crippen molar-refractivity contribution < 1.29 is 26.3 Å². The number of nitriles is 1. The lowest BCUT2D eigenvalue weighted by molar-refractivity contribution is -0.274. The Morgan fingerprint density at radius 2 is 1.69 bits per heavy atom. The van der Waals surface area contributed by atoms with E-state index in [-0.39, 0.29) is 46.7 Å². The number of ether oxygens (including phenoxy) is 1. The Balaban J connectivity index is 1.53. The maximum Gasteiger partial charge on any atom is 0.573 e. The van der Waals surface area contributed by atoms with E-state index in [0.717, 1.165) is 0 Å². The second-order valence-corrected chi connectivity index (χ2v) is 10.8. The first-order chi connectivity index (χ1) is 17.1. The van der Waals surface area contributed by atoms with Crippen molar-refractivity contribution in [1.82, 2.24) is 8.87 Å². The fourth-order valence-corrected chi connectivity index (χ4v) is 6.87. The van der Waals surface area contributed by atoms with E-state index in [0.29, 0.717) is 29.8 Å². The van der Waals surface area contributed by atoms with Crippen LogP contribution >= 0.6 is 0 Å². The van der Waals surface area contributed by atoms with E-state index < -0.39 is 16.4 Å². The second-order valence-electron chi connectivity index (χ2n) is 8.88. The van der Waals surface area contributed by atoms with E-state index in [4.69, 9.17) is 0 Å². The number of hydrogen-bond acceptors (Lipinski definition) is 5. The number of nitrogens with zero attached hydrogens (tertiary/aromatic N) is 3. The van der Waals surface area contributed by atoms with Crippen molar-refractivity contribution in [2.75, 3.05) is 13.1 Å². The van der Waals surface area contributed by atoms with Gasteiger partial charge in [-0.15, -0.1) is 13.2 Å². The lowest BCUT2D eigenvalue weighted by atomic mass is 9.81. The summed E-state index contributed by atoms with van der Waals surface area (Å²) < 4.78 is 71.6. The summed E-state index contributed by atoms with van der Waals surface area (Å²) in [5.74, 6) is -0.772. The van der Waals surface area contributed by atoms with Gasteiger partial charge in [-0.3, -0.25) is 4.79 Å². The van der Waals surface area contributed by atoms with E-state index in [9.17, 15) is 31.6 Å². The van der Waals surface area contributed by atoms with Crippen LogP contribution in [0.2, 0.25) is 0 Å². The van der Waals surface area contributed by atoms with Crippen molar-refractivity contribution in [1.29, 1.82) is 5.26 Å². The van der Waals surface area contributed by atoms with Crippen LogP contribution in [0.1, 0.15) is 23.6 Å². The molecule has 36 heavy (non-hydrogen) atoms. The summed E-state index contributed by atoms with van der Waals surface area (Å²) in [4.78, 5) is 12.7. The molecule has 3 aromatic rings. The van der Waals surface area contributed by atoms with Crippen LogP contribution in [0, 0.1) is 17.2 Å². The van der Waals surface area contributed by atoms with Crippen LogP contribution in [-0.4, -0.2) is 36.7 Å². The van der Waals surface area contributed by atoms with Gasteiger partial charge in [0.25, 0.3) is 5.56 Å². The van der Waals surface area contributed by atoms with Crippen molar-refractivity contribution in [3.63, 3.8) is 0 Å². The molecule has 2 atom stereocenters. The SMILES string of the molecule is N#Cc1ccccc1S(=O)(=O)N1C[C@@H]2C[C@H](C1)c1c(-c3ccc(OC(F)(F)F)cc3)ccc(=O)n1C2. The van der Waals surface area contributed by atoms with Crippen LogP contribution in [0.3, 0.4) is 0 Å². The van der Waals surface area contributed by atoms with Crippen molar-refractivity contribution in [3.8, 4) is 22.9 Å². The Labute approximate surface area is 205 Å². The van der Waals surface area contributed by atoms with Gasteiger partial charge in [-0.1, -0.05) is 24.3 Å². The number of piperidine rings is 1. The number of fused-ring (bicyclic) bond motifs is 4. The van der Waals surface area contributed by atoms with Gasteiger partial charge in [0.2, 0.25) is 10.0 Å². The van der Waals surface area contributed by atoms with Gasteiger partial charge >= 0.3 is 6.36 Å². The topological polar surface area (TPSA) is 92.4 Å². The van der Waals surface area contributed by atoms with E-state index in [1.807, 2.05) is 6.07 Å². The van der Waals surface area contributed by atoms with Crippen LogP contribution < -0.4 is 10.3 Å². The molecular formula is C25H20F3N3O4S. The molecule has 1 fully saturated rings. The van der Waals surface area contributed by atoms with Gasteiger partial charge in [-0.25, -0.2) is 8.42 Å². The van der Waals surface area contributed by atoms with E-state index in [1.165, 1.54) is 46.8 Å². The van der Waals surface area contributed by atoms with E-state index >= 15 is 0 Å². The predicted octanol–water partition coefficient (Wildman–Crippen LogP) is 4.09. The molecule has 0 spiro atoms. The number of rotatable bonds is 4. The summed E-state index contributed by atoms with van der Waals surface area (Å²) in [5.41, 5.74) is 1.73. The zero-order valence-corrected chi connectivity index (χ0v) is 19.6. The largest absolute Gasteiger partial charge is 0.573 e. The van der Waals surface area contributed by atoms with Crippen molar-refractivity contribution in [3.05, 3.63) is 82.3 Å². The Bertz CT molecular complexity index is 1530. The van der Waals surface area contributed by atoms with E-state index in [1.54, 1.807) is 22.8 Å². The van der Waals surface area contributed by atoms with Gasteiger partial charge in [0, 0.05) is 42.9 Å². The summed E-state index contributed by atoms with van der Waals surface area (Å²) in [6.45, 7) is 0.655. The smallest absolute Gasteiger partial charge is 0.406 e. The van der Waals surface area contributed by atoms with Crippen LogP contribution in [0.25, 0.3) is 11.1 Å². The second kappa shape index (κ2) is 8.80. The molecule has 5 rings (SSSR count). The third-order valence-corrected chi connectivity index (χ3v) is 8.47. The summed E-state index contributed by atoms with van der Waals surface area (Å²) in [6, 6.07) is 16.4. The lowest BCUT2D eigenvalue weighted by Gasteiger charge is -2.43. The van der Waals surface area contributed by atoms with Gasteiger partial charge in [0.1, 0.15) is 11.8 Å². The molecule has 11 heteroatoms. The van der Waals surface area contributed by atoms with Crippen molar-refractivity contribution in [2.45, 2.75) is 30.1 Å². The predicted molar refractivity (Wildman–Crippen MR) is 124 cm³/mol. The number of pyridine rings is 1. The quantitative estimate of drug-likeness (QED) is 0.522. The Morgan fingerprint density at radius 3 is 2.39 bits per heavy atom. The molecule has 2 bridgehead atoms. The fraction of sp³-hybridized carbons (Fsp3) is 0.280. The molecule has 0 amide bonds. The van der Waals surface area contributed by atoms with Crippen LogP contribution in [0.4, 0.5) is 13.2 Å². The molecule has 0 unspecified atom stereocenters. The highest BCUT2D eigenvalue weighted by molar-refractivity contribution is 7.89. The Kier molecular flexibility index (Phi) is 5.89. The highest BCUT2D eigenvalue weighted by Gasteiger charge is 2.41. The number of halogens is 3. The first-order valence-corrected chi connectivity index (χ1v) is 12.6. The van der Waals surface area contributed by atoms with Crippen molar-refractivity contribution >= 4 is 10.0 Å². The monoisotopic (exact) mass is 515 g/mol. The molecule has 3 heterocycles. The molecule has 1 aromatic heterocycles. The summed E-state index contributed by atoms with van der Waals surface area (Å²) >= 11 is 0. The van der Waals surface area contributed by atoms with Crippen LogP contribution in [0.15, 0.2) is 70.4 Å². The van der Waals surface area contributed by atoms with Crippen LogP contribution in [0.5, 0.6) is 5.75 Å². The molecule has 2 aliphatic heterocycles. The van der Waals surface area contributed by atoms with Gasteiger partial charge < -0.3 is 9.30 Å². The molecule has 1 saturated heterocycles. The number of benzene rings is 2. The zero-order chi connectivity index (χ0) is 25.7. The molecule has 0 saturated carbocycles. The lowest BCUT2D eigenvalue weighted by Crippen LogP contribution is -2.49. The number of aromatic nitrogens is 1. The molecular weight excluding hydrogens is 495 g/mol. The molecule has 0 aliphatic carbocycles. The highest BCUT2D eigenvalue weighted by atomic mass is 32.2. The summed E-state index contributed by atoms with van der Waals surface area (Å²) in [7, 11) is -3.96. The molecule has 2 aliphatic rings. The average molecular weight is 516 g/mol. The third kappa shape index (κ3) is 4.38. The zero-order valence-electron chi connectivity index (χ0n) is 18.8. The minimum Gasteiger partial charge on any atom is -0.406 e. The molecule has 2 aromatic carbocycles. The summed E-state index contributed by atoms with van der Waals surface area (Å²) in [5, 5.41) is 9.40. The molecule has 0 radical (unpaired) electrons. The average Bonchev–Trinajstić information content (AvgIpc) is 2.84. The minimum atomic E-state index is -4.81. The van der Waals surface area contributed by atoms with Crippen molar-refractivity contribution in [2.24, 2.45) is 5.92 Å². The van der Waals surface area contributed by atoms with Crippen LogP contribution in [-0.2, 0) is 16.6 Å². The minimum absolute atomic E-state index is 0.0570. The number of sulfonamides is 1. The Morgan fingerprint density at radius 1 is 0.972 bits per heavy atom. The normalized spacial score (nSPS) is 19.8. The first-order valence-electron chi connectivity index (χ1n) is 11.2. The first kappa shape index (κ1) is 24.1. The Hall–Kier alpha value is -3.62. The van der Waals surface area contributed by atoms with Gasteiger partial charge in [0.15, 0.2) is 0 Å². The maximum absolute atomic E-state index is 13.5. The van der Waals surface area contributed by atoms with E-state index in [2.05, 4.69) is 4.74 Å². The van der Waals surface area contributed by atoms with Gasteiger partial charge in [0.05, 0.1) is 10.5 Å². The van der Waals surface area contributed by atoms with Gasteiger partial charge in [-0.05, 0) is 48.2 Å². The maximum atomic E-state index is 13.5. The number of alkyl halides is 3. The fourth-order valence-electron chi connectivity index (χ4n) is 5.17. The van der Waals surface area contributed by atoms with Gasteiger partial charge in [-0.2, -0.15) is 9.57 Å². The number of hydrogen-bond donors (Lipinski definition) is 0. The molecule has 0 N–H and O–H groups in total. The summed E-state index contributed by atoms with van der Waals surface area (Å²) in [6.07, 6.45) is -4.14.